The number of urea groups is 1. The number of carbonyl (C=O) groups is 1. The van der Waals surface area contributed by atoms with Crippen molar-refractivity contribution >= 4 is 11.7 Å². The van der Waals surface area contributed by atoms with Crippen molar-refractivity contribution in [3.05, 3.63) is 83.4 Å². The predicted octanol–water partition coefficient (Wildman–Crippen LogP) is 4.31. The van der Waals surface area contributed by atoms with Crippen molar-refractivity contribution in [2.24, 2.45) is 0 Å². The van der Waals surface area contributed by atoms with Crippen molar-refractivity contribution in [2.75, 3.05) is 12.4 Å². The highest BCUT2D eigenvalue weighted by Crippen LogP contribution is 2.25. The number of nitrogens with one attached hydrogen (secondary N) is 2. The molecule has 0 unspecified atom stereocenters. The first-order valence-corrected chi connectivity index (χ1v) is 8.63. The number of nitrogens with zero attached hydrogens (tertiary/aromatic N) is 1. The van der Waals surface area contributed by atoms with Gasteiger partial charge in [0, 0.05) is 18.4 Å². The Labute approximate surface area is 157 Å². The molecular formula is C21H22FN3O2. The highest BCUT2D eigenvalue weighted by atomic mass is 19.1. The number of halogens is 1. The quantitative estimate of drug-likeness (QED) is 0.682. The number of hydrogen-bond donors (Lipinski definition) is 2. The summed E-state index contributed by atoms with van der Waals surface area (Å²) in [5, 5.41) is 5.65. The molecule has 1 heterocycles. The molecule has 140 valence electrons. The highest BCUT2D eigenvalue weighted by Gasteiger charge is 2.09. The third kappa shape index (κ3) is 4.88. The molecule has 6 heteroatoms. The third-order valence-corrected chi connectivity index (χ3v) is 4.20. The van der Waals surface area contributed by atoms with Crippen LogP contribution in [0.2, 0.25) is 0 Å². The second-order valence-electron chi connectivity index (χ2n) is 6.27. The van der Waals surface area contributed by atoms with Gasteiger partial charge in [0.05, 0.1) is 19.3 Å². The molecule has 0 fully saturated rings. The number of anilines is 1. The molecule has 0 aliphatic carbocycles. The maximum absolute atomic E-state index is 13.4. The van der Waals surface area contributed by atoms with Crippen molar-refractivity contribution < 1.29 is 13.9 Å². The van der Waals surface area contributed by atoms with Crippen molar-refractivity contribution in [2.45, 2.75) is 20.0 Å². The van der Waals surface area contributed by atoms with E-state index in [1.54, 1.807) is 13.2 Å². The van der Waals surface area contributed by atoms with Crippen molar-refractivity contribution in [1.29, 1.82) is 0 Å². The Bertz CT molecular complexity index is 937. The van der Waals surface area contributed by atoms with Crippen LogP contribution in [0, 0.1) is 12.7 Å². The number of carbonyl (C=O) groups excluding carboxylic acids is 1. The van der Waals surface area contributed by atoms with E-state index in [9.17, 15) is 9.18 Å². The molecule has 2 amide bonds. The van der Waals surface area contributed by atoms with Gasteiger partial charge in [-0.1, -0.05) is 18.2 Å². The number of hydrogen-bond acceptors (Lipinski definition) is 2. The van der Waals surface area contributed by atoms with Crippen LogP contribution in [0.15, 0.2) is 60.8 Å². The van der Waals surface area contributed by atoms with Crippen LogP contribution in [0.5, 0.6) is 5.75 Å². The van der Waals surface area contributed by atoms with E-state index >= 15 is 0 Å². The molecule has 1 aromatic heterocycles. The van der Waals surface area contributed by atoms with E-state index in [0.717, 1.165) is 16.8 Å². The SMILES string of the molecule is COc1ccc(C)cc1NC(=O)NCc1cccn1Cc1cccc(F)c1. The summed E-state index contributed by atoms with van der Waals surface area (Å²) in [6.45, 7) is 2.83. The molecule has 0 radical (unpaired) electrons. The van der Waals surface area contributed by atoms with Crippen molar-refractivity contribution in [1.82, 2.24) is 9.88 Å². The minimum absolute atomic E-state index is 0.259. The second kappa shape index (κ2) is 8.40. The van der Waals surface area contributed by atoms with E-state index in [-0.39, 0.29) is 11.8 Å². The van der Waals surface area contributed by atoms with E-state index in [1.165, 1.54) is 12.1 Å². The number of ether oxygens (including phenoxy) is 1. The first kappa shape index (κ1) is 18.5. The summed E-state index contributed by atoms with van der Waals surface area (Å²) < 4.78 is 20.6. The van der Waals surface area contributed by atoms with Gasteiger partial charge in [0.2, 0.25) is 0 Å². The second-order valence-corrected chi connectivity index (χ2v) is 6.27. The van der Waals surface area contributed by atoms with Gasteiger partial charge in [-0.2, -0.15) is 0 Å². The monoisotopic (exact) mass is 367 g/mol. The number of methoxy groups -OCH3 is 1. The summed E-state index contributed by atoms with van der Waals surface area (Å²) in [4.78, 5) is 12.3. The third-order valence-electron chi connectivity index (χ3n) is 4.20. The molecule has 3 aromatic rings. The zero-order valence-electron chi connectivity index (χ0n) is 15.3. The Kier molecular flexibility index (Phi) is 5.76. The highest BCUT2D eigenvalue weighted by molar-refractivity contribution is 5.91. The van der Waals surface area contributed by atoms with Gasteiger partial charge in [-0.3, -0.25) is 0 Å². The smallest absolute Gasteiger partial charge is 0.319 e. The van der Waals surface area contributed by atoms with Gasteiger partial charge in [-0.25, -0.2) is 9.18 Å². The fourth-order valence-electron chi connectivity index (χ4n) is 2.85. The van der Waals surface area contributed by atoms with Gasteiger partial charge in [0.15, 0.2) is 0 Å². The van der Waals surface area contributed by atoms with Gasteiger partial charge in [-0.05, 0) is 54.4 Å². The fourth-order valence-corrected chi connectivity index (χ4v) is 2.85. The molecular weight excluding hydrogens is 345 g/mol. The number of amides is 2. The minimum atomic E-state index is -0.322. The predicted molar refractivity (Wildman–Crippen MR) is 104 cm³/mol. The lowest BCUT2D eigenvalue weighted by molar-refractivity contribution is 0.251. The Balaban J connectivity index is 1.62. The lowest BCUT2D eigenvalue weighted by atomic mass is 10.2. The maximum Gasteiger partial charge on any atom is 0.319 e. The van der Waals surface area contributed by atoms with E-state index in [2.05, 4.69) is 10.6 Å². The summed E-state index contributed by atoms with van der Waals surface area (Å²) in [5.41, 5.74) is 3.42. The molecule has 2 aromatic carbocycles. The summed E-state index contributed by atoms with van der Waals surface area (Å²) in [6, 6.07) is 15.6. The zero-order chi connectivity index (χ0) is 19.2. The molecule has 0 atom stereocenters. The molecule has 0 aliphatic heterocycles. The Morgan fingerprint density at radius 2 is 2.00 bits per heavy atom. The molecule has 2 N–H and O–H groups in total. The van der Waals surface area contributed by atoms with Crippen LogP contribution in [0.25, 0.3) is 0 Å². The van der Waals surface area contributed by atoms with E-state index < -0.39 is 0 Å². The number of aryl methyl sites for hydroxylation is 1. The van der Waals surface area contributed by atoms with Crippen molar-refractivity contribution in [3.63, 3.8) is 0 Å². The van der Waals surface area contributed by atoms with Crippen LogP contribution in [0.4, 0.5) is 14.9 Å². The average molecular weight is 367 g/mol. The van der Waals surface area contributed by atoms with Gasteiger partial charge in [0.25, 0.3) is 0 Å². The van der Waals surface area contributed by atoms with Crippen LogP contribution in [0.1, 0.15) is 16.8 Å². The summed E-state index contributed by atoms with van der Waals surface area (Å²) in [6.07, 6.45) is 1.91. The zero-order valence-corrected chi connectivity index (χ0v) is 15.3. The average Bonchev–Trinajstić information content (AvgIpc) is 3.07. The van der Waals surface area contributed by atoms with Crippen LogP contribution in [0.3, 0.4) is 0 Å². The number of benzene rings is 2. The van der Waals surface area contributed by atoms with E-state index in [4.69, 9.17) is 4.74 Å². The molecule has 0 aliphatic rings. The maximum atomic E-state index is 13.4. The normalized spacial score (nSPS) is 10.5. The van der Waals surface area contributed by atoms with E-state index in [0.29, 0.717) is 24.5 Å². The summed E-state index contributed by atoms with van der Waals surface area (Å²) in [7, 11) is 1.56. The Morgan fingerprint density at radius 3 is 2.78 bits per heavy atom. The summed E-state index contributed by atoms with van der Waals surface area (Å²) in [5.74, 6) is 0.344. The topological polar surface area (TPSA) is 55.3 Å². The van der Waals surface area contributed by atoms with Crippen LogP contribution in [-0.2, 0) is 13.1 Å². The Morgan fingerprint density at radius 1 is 1.15 bits per heavy atom. The van der Waals surface area contributed by atoms with E-state index in [1.807, 2.05) is 54.1 Å². The molecule has 0 bridgehead atoms. The van der Waals surface area contributed by atoms with Gasteiger partial charge in [-0.15, -0.1) is 0 Å². The van der Waals surface area contributed by atoms with Crippen LogP contribution in [-0.4, -0.2) is 17.7 Å². The van der Waals surface area contributed by atoms with Gasteiger partial charge >= 0.3 is 6.03 Å². The number of aromatic nitrogens is 1. The summed E-state index contributed by atoms with van der Waals surface area (Å²) >= 11 is 0. The van der Waals surface area contributed by atoms with Crippen LogP contribution >= 0.6 is 0 Å². The molecule has 5 nitrogen and oxygen atoms in total. The molecule has 0 saturated heterocycles. The molecule has 0 spiro atoms. The Hall–Kier alpha value is -3.28. The molecule has 27 heavy (non-hydrogen) atoms. The van der Waals surface area contributed by atoms with Gasteiger partial charge < -0.3 is 19.9 Å². The standard InChI is InChI=1S/C21H22FN3O2/c1-15-8-9-20(27-2)19(11-15)24-21(26)23-13-18-7-4-10-25(18)14-16-5-3-6-17(22)12-16/h3-12H,13-14H2,1-2H3,(H2,23,24,26). The lowest BCUT2D eigenvalue weighted by Gasteiger charge is -2.13. The van der Waals surface area contributed by atoms with Gasteiger partial charge in [0.1, 0.15) is 11.6 Å². The molecule has 3 rings (SSSR count). The largest absolute Gasteiger partial charge is 0.495 e. The lowest BCUT2D eigenvalue weighted by Crippen LogP contribution is -2.29. The first-order valence-electron chi connectivity index (χ1n) is 8.63. The first-order chi connectivity index (χ1) is 13.0. The van der Waals surface area contributed by atoms with Crippen LogP contribution < -0.4 is 15.4 Å². The number of rotatable bonds is 6. The van der Waals surface area contributed by atoms with Crippen molar-refractivity contribution in [3.8, 4) is 5.75 Å². The fraction of sp³-hybridized carbons (Fsp3) is 0.190. The minimum Gasteiger partial charge on any atom is -0.495 e. The molecule has 0 saturated carbocycles.